The van der Waals surface area contributed by atoms with Crippen LogP contribution in [-0.2, 0) is 4.74 Å². The molecule has 2 heteroatoms. The van der Waals surface area contributed by atoms with Gasteiger partial charge in [0.1, 0.15) is 0 Å². The number of rotatable bonds is 4. The van der Waals surface area contributed by atoms with Crippen LogP contribution in [-0.4, -0.2) is 23.4 Å². The van der Waals surface area contributed by atoms with E-state index in [1.54, 1.807) is 0 Å². The van der Waals surface area contributed by atoms with E-state index in [1.165, 1.54) is 51.4 Å². The van der Waals surface area contributed by atoms with Crippen molar-refractivity contribution in [1.29, 1.82) is 0 Å². The SMILES string of the molecule is CCOC1(C(O)C2CCCC2)CCCCCC1. The molecule has 1 unspecified atom stereocenters. The van der Waals surface area contributed by atoms with Crippen LogP contribution in [0.1, 0.15) is 71.1 Å². The molecule has 100 valence electrons. The second-order valence-corrected chi connectivity index (χ2v) is 5.90. The molecule has 0 aliphatic heterocycles. The van der Waals surface area contributed by atoms with Crippen molar-refractivity contribution in [2.45, 2.75) is 82.8 Å². The van der Waals surface area contributed by atoms with Gasteiger partial charge in [-0.1, -0.05) is 38.5 Å². The molecule has 0 bridgehead atoms. The van der Waals surface area contributed by atoms with E-state index in [-0.39, 0.29) is 11.7 Å². The van der Waals surface area contributed by atoms with Crippen molar-refractivity contribution in [3.05, 3.63) is 0 Å². The van der Waals surface area contributed by atoms with Crippen LogP contribution < -0.4 is 0 Å². The molecular formula is C15H28O2. The summed E-state index contributed by atoms with van der Waals surface area (Å²) in [5, 5.41) is 10.8. The molecule has 0 spiro atoms. The summed E-state index contributed by atoms with van der Waals surface area (Å²) in [5.41, 5.74) is -0.208. The predicted octanol–water partition coefficient (Wildman–Crippen LogP) is 3.67. The molecule has 2 fully saturated rings. The van der Waals surface area contributed by atoms with Gasteiger partial charge in [0.05, 0.1) is 11.7 Å². The van der Waals surface area contributed by atoms with Gasteiger partial charge in [-0.2, -0.15) is 0 Å². The molecule has 17 heavy (non-hydrogen) atoms. The van der Waals surface area contributed by atoms with Crippen LogP contribution in [0.2, 0.25) is 0 Å². The molecule has 2 aliphatic rings. The highest BCUT2D eigenvalue weighted by molar-refractivity contribution is 4.94. The molecular weight excluding hydrogens is 212 g/mol. The lowest BCUT2D eigenvalue weighted by molar-refractivity contribution is -0.146. The third kappa shape index (κ3) is 3.03. The summed E-state index contributed by atoms with van der Waals surface area (Å²) in [6, 6.07) is 0. The highest BCUT2D eigenvalue weighted by Crippen LogP contribution is 2.40. The summed E-state index contributed by atoms with van der Waals surface area (Å²) in [6.45, 7) is 2.80. The minimum atomic E-state index is -0.219. The fourth-order valence-corrected chi connectivity index (χ4v) is 3.84. The average molecular weight is 240 g/mol. The lowest BCUT2D eigenvalue weighted by Crippen LogP contribution is -2.48. The number of ether oxygens (including phenoxy) is 1. The van der Waals surface area contributed by atoms with Gasteiger partial charge in [-0.25, -0.2) is 0 Å². The zero-order chi connectivity index (χ0) is 12.1. The maximum atomic E-state index is 10.8. The first-order chi connectivity index (χ1) is 8.28. The first kappa shape index (κ1) is 13.4. The van der Waals surface area contributed by atoms with Gasteiger partial charge in [0.15, 0.2) is 0 Å². The maximum Gasteiger partial charge on any atom is 0.0942 e. The van der Waals surface area contributed by atoms with E-state index >= 15 is 0 Å². The van der Waals surface area contributed by atoms with Crippen molar-refractivity contribution in [2.75, 3.05) is 6.61 Å². The molecule has 0 saturated heterocycles. The van der Waals surface area contributed by atoms with E-state index in [0.717, 1.165) is 19.4 Å². The van der Waals surface area contributed by atoms with Gasteiger partial charge in [-0.3, -0.25) is 0 Å². The van der Waals surface area contributed by atoms with Crippen LogP contribution in [0.25, 0.3) is 0 Å². The van der Waals surface area contributed by atoms with Crippen LogP contribution in [0.3, 0.4) is 0 Å². The molecule has 2 nitrogen and oxygen atoms in total. The van der Waals surface area contributed by atoms with E-state index in [2.05, 4.69) is 6.92 Å². The number of aliphatic hydroxyl groups is 1. The molecule has 0 aromatic heterocycles. The second-order valence-electron chi connectivity index (χ2n) is 5.90. The predicted molar refractivity (Wildman–Crippen MR) is 70.0 cm³/mol. The molecule has 1 N–H and O–H groups in total. The van der Waals surface area contributed by atoms with E-state index in [4.69, 9.17) is 4.74 Å². The van der Waals surface area contributed by atoms with Crippen LogP contribution in [0.5, 0.6) is 0 Å². The van der Waals surface area contributed by atoms with Crippen LogP contribution >= 0.6 is 0 Å². The minimum absolute atomic E-state index is 0.208. The van der Waals surface area contributed by atoms with E-state index in [0.29, 0.717) is 5.92 Å². The van der Waals surface area contributed by atoms with Gasteiger partial charge in [-0.05, 0) is 38.5 Å². The van der Waals surface area contributed by atoms with Gasteiger partial charge in [0.2, 0.25) is 0 Å². The Kier molecular flexibility index (Phi) is 4.87. The Labute approximate surface area is 106 Å². The molecule has 2 rings (SSSR count). The Morgan fingerprint density at radius 1 is 1.06 bits per heavy atom. The van der Waals surface area contributed by atoms with Crippen LogP contribution in [0.4, 0.5) is 0 Å². The molecule has 0 radical (unpaired) electrons. The smallest absolute Gasteiger partial charge is 0.0942 e. The van der Waals surface area contributed by atoms with Crippen molar-refractivity contribution in [3.63, 3.8) is 0 Å². The van der Waals surface area contributed by atoms with E-state index < -0.39 is 0 Å². The van der Waals surface area contributed by atoms with E-state index in [1.807, 2.05) is 0 Å². The maximum absolute atomic E-state index is 10.8. The zero-order valence-electron chi connectivity index (χ0n) is 11.3. The number of aliphatic hydroxyl groups excluding tert-OH is 1. The fourth-order valence-electron chi connectivity index (χ4n) is 3.84. The van der Waals surface area contributed by atoms with E-state index in [9.17, 15) is 5.11 Å². The molecule has 0 aromatic rings. The topological polar surface area (TPSA) is 29.5 Å². The van der Waals surface area contributed by atoms with Gasteiger partial charge in [0.25, 0.3) is 0 Å². The summed E-state index contributed by atoms with van der Waals surface area (Å²) in [6.07, 6.45) is 12.0. The first-order valence-corrected chi connectivity index (χ1v) is 7.60. The zero-order valence-corrected chi connectivity index (χ0v) is 11.3. The van der Waals surface area contributed by atoms with Crippen LogP contribution in [0, 0.1) is 5.92 Å². The standard InChI is InChI=1S/C15H28O2/c1-2-17-15(11-7-3-4-8-12-15)14(16)13-9-5-6-10-13/h13-14,16H,2-12H2,1H3. The van der Waals surface area contributed by atoms with Crippen molar-refractivity contribution in [3.8, 4) is 0 Å². The van der Waals surface area contributed by atoms with Gasteiger partial charge < -0.3 is 9.84 Å². The Balaban J connectivity index is 2.06. The molecule has 0 aromatic carbocycles. The molecule has 2 saturated carbocycles. The quantitative estimate of drug-likeness (QED) is 0.760. The minimum Gasteiger partial charge on any atom is -0.390 e. The Bertz CT molecular complexity index is 213. The molecule has 0 heterocycles. The Morgan fingerprint density at radius 2 is 1.65 bits per heavy atom. The van der Waals surface area contributed by atoms with Crippen molar-refractivity contribution in [2.24, 2.45) is 5.92 Å². The van der Waals surface area contributed by atoms with Gasteiger partial charge in [-0.15, -0.1) is 0 Å². The lowest BCUT2D eigenvalue weighted by Gasteiger charge is -2.40. The first-order valence-electron chi connectivity index (χ1n) is 7.60. The van der Waals surface area contributed by atoms with Crippen LogP contribution in [0.15, 0.2) is 0 Å². The Hall–Kier alpha value is -0.0800. The second kappa shape index (κ2) is 6.19. The lowest BCUT2D eigenvalue weighted by atomic mass is 9.80. The van der Waals surface area contributed by atoms with Gasteiger partial charge in [0, 0.05) is 6.61 Å². The molecule has 2 aliphatic carbocycles. The van der Waals surface area contributed by atoms with Crippen molar-refractivity contribution >= 4 is 0 Å². The largest absolute Gasteiger partial charge is 0.390 e. The Morgan fingerprint density at radius 3 is 2.18 bits per heavy atom. The monoisotopic (exact) mass is 240 g/mol. The highest BCUT2D eigenvalue weighted by Gasteiger charge is 2.43. The highest BCUT2D eigenvalue weighted by atomic mass is 16.5. The third-order valence-electron chi connectivity index (χ3n) is 4.77. The summed E-state index contributed by atoms with van der Waals surface area (Å²) in [5.74, 6) is 0.500. The molecule has 0 amide bonds. The van der Waals surface area contributed by atoms with Crippen molar-refractivity contribution in [1.82, 2.24) is 0 Å². The number of hydrogen-bond acceptors (Lipinski definition) is 2. The summed E-state index contributed by atoms with van der Waals surface area (Å²) in [4.78, 5) is 0. The fraction of sp³-hybridized carbons (Fsp3) is 1.00. The van der Waals surface area contributed by atoms with Crippen molar-refractivity contribution < 1.29 is 9.84 Å². The summed E-state index contributed by atoms with van der Waals surface area (Å²) < 4.78 is 6.07. The summed E-state index contributed by atoms with van der Waals surface area (Å²) in [7, 11) is 0. The number of hydrogen-bond donors (Lipinski definition) is 1. The van der Waals surface area contributed by atoms with Gasteiger partial charge >= 0.3 is 0 Å². The summed E-state index contributed by atoms with van der Waals surface area (Å²) >= 11 is 0. The third-order valence-corrected chi connectivity index (χ3v) is 4.77. The molecule has 1 atom stereocenters. The average Bonchev–Trinajstić information content (AvgIpc) is 2.76. The normalized spacial score (nSPS) is 27.9.